The molecule has 2 aromatic heterocycles. The number of hydrogen-bond acceptors (Lipinski definition) is 6. The molecule has 0 unspecified atom stereocenters. The van der Waals surface area contributed by atoms with Crippen molar-refractivity contribution in [3.8, 4) is 11.6 Å². The van der Waals surface area contributed by atoms with Crippen LogP contribution in [0.1, 0.15) is 11.3 Å². The molecule has 0 aliphatic carbocycles. The minimum Gasteiger partial charge on any atom is -0.497 e. The highest BCUT2D eigenvalue weighted by Gasteiger charge is 2.21. The van der Waals surface area contributed by atoms with Gasteiger partial charge >= 0.3 is 0 Å². The van der Waals surface area contributed by atoms with Gasteiger partial charge in [-0.1, -0.05) is 12.1 Å². The number of carbonyl (C=O) groups excluding carboxylic acids is 1. The average Bonchev–Trinajstić information content (AvgIpc) is 3.24. The van der Waals surface area contributed by atoms with Gasteiger partial charge in [-0.3, -0.25) is 4.79 Å². The first-order valence-corrected chi connectivity index (χ1v) is 9.83. The Morgan fingerprint density at radius 1 is 1.03 bits per heavy atom. The summed E-state index contributed by atoms with van der Waals surface area (Å²) in [5.41, 5.74) is 1.90. The van der Waals surface area contributed by atoms with Gasteiger partial charge in [0.25, 0.3) is 0 Å². The zero-order chi connectivity index (χ0) is 20.9. The SMILES string of the molecule is COc1ccc(/C=C/C(=O)N2CCN(c3cc(-n4ccc(C)n4)ncn3)CC2)cc1. The third-order valence-corrected chi connectivity index (χ3v) is 5.04. The Morgan fingerprint density at radius 3 is 2.43 bits per heavy atom. The van der Waals surface area contributed by atoms with E-state index >= 15 is 0 Å². The molecule has 1 fully saturated rings. The fraction of sp³-hybridized carbons (Fsp3) is 0.273. The Bertz CT molecular complexity index is 1040. The monoisotopic (exact) mass is 404 g/mol. The molecule has 0 atom stereocenters. The fourth-order valence-electron chi connectivity index (χ4n) is 3.32. The summed E-state index contributed by atoms with van der Waals surface area (Å²) in [4.78, 5) is 25.3. The van der Waals surface area contributed by atoms with Crippen LogP contribution in [0.4, 0.5) is 5.82 Å². The summed E-state index contributed by atoms with van der Waals surface area (Å²) in [5.74, 6) is 2.38. The molecule has 4 rings (SSSR count). The normalized spacial score (nSPS) is 14.3. The number of rotatable bonds is 5. The van der Waals surface area contributed by atoms with Crippen molar-refractivity contribution in [3.05, 3.63) is 66.3 Å². The lowest BCUT2D eigenvalue weighted by atomic mass is 10.2. The minimum absolute atomic E-state index is 0.0147. The molecule has 0 saturated carbocycles. The lowest BCUT2D eigenvalue weighted by Gasteiger charge is -2.35. The van der Waals surface area contributed by atoms with Crippen LogP contribution in [0.3, 0.4) is 0 Å². The van der Waals surface area contributed by atoms with Gasteiger partial charge in [-0.25, -0.2) is 14.6 Å². The molecular formula is C22H24N6O2. The first kappa shape index (κ1) is 19.6. The molecule has 3 heterocycles. The van der Waals surface area contributed by atoms with Crippen LogP contribution < -0.4 is 9.64 Å². The lowest BCUT2D eigenvalue weighted by Crippen LogP contribution is -2.48. The fourth-order valence-corrected chi connectivity index (χ4v) is 3.32. The summed E-state index contributed by atoms with van der Waals surface area (Å²) < 4.78 is 6.89. The van der Waals surface area contributed by atoms with E-state index in [1.165, 1.54) is 0 Å². The van der Waals surface area contributed by atoms with Crippen LogP contribution >= 0.6 is 0 Å². The summed E-state index contributed by atoms with van der Waals surface area (Å²) in [6.07, 6.45) is 6.89. The van der Waals surface area contributed by atoms with Gasteiger partial charge in [-0.05, 0) is 36.8 Å². The second-order valence-corrected chi connectivity index (χ2v) is 7.05. The van der Waals surface area contributed by atoms with E-state index in [9.17, 15) is 4.79 Å². The maximum absolute atomic E-state index is 12.5. The summed E-state index contributed by atoms with van der Waals surface area (Å²) in [5, 5.41) is 4.40. The van der Waals surface area contributed by atoms with Gasteiger partial charge in [0, 0.05) is 44.5 Å². The van der Waals surface area contributed by atoms with Crippen LogP contribution in [-0.4, -0.2) is 63.8 Å². The van der Waals surface area contributed by atoms with E-state index in [4.69, 9.17) is 4.74 Å². The number of piperazine rings is 1. The van der Waals surface area contributed by atoms with Crippen LogP contribution in [0.5, 0.6) is 5.75 Å². The van der Waals surface area contributed by atoms with Crippen molar-refractivity contribution >= 4 is 17.8 Å². The van der Waals surface area contributed by atoms with Gasteiger partial charge in [-0.2, -0.15) is 5.10 Å². The van der Waals surface area contributed by atoms with E-state index in [-0.39, 0.29) is 5.91 Å². The van der Waals surface area contributed by atoms with Crippen molar-refractivity contribution in [2.75, 3.05) is 38.2 Å². The van der Waals surface area contributed by atoms with Gasteiger partial charge in [0.2, 0.25) is 5.91 Å². The highest BCUT2D eigenvalue weighted by atomic mass is 16.5. The van der Waals surface area contributed by atoms with Crippen LogP contribution in [0.2, 0.25) is 0 Å². The van der Waals surface area contributed by atoms with Crippen LogP contribution in [0, 0.1) is 6.92 Å². The molecule has 8 heteroatoms. The first-order chi connectivity index (χ1) is 14.6. The van der Waals surface area contributed by atoms with E-state index in [2.05, 4.69) is 20.0 Å². The summed E-state index contributed by atoms with van der Waals surface area (Å²) in [6, 6.07) is 11.5. The number of ether oxygens (including phenoxy) is 1. The highest BCUT2D eigenvalue weighted by Crippen LogP contribution is 2.17. The molecule has 1 aliphatic rings. The van der Waals surface area contributed by atoms with Gasteiger partial charge < -0.3 is 14.5 Å². The van der Waals surface area contributed by atoms with Crippen LogP contribution in [0.25, 0.3) is 11.9 Å². The molecule has 0 radical (unpaired) electrons. The van der Waals surface area contributed by atoms with Gasteiger partial charge in [0.1, 0.15) is 17.9 Å². The molecule has 1 amide bonds. The molecule has 3 aromatic rings. The number of benzene rings is 1. The molecular weight excluding hydrogens is 380 g/mol. The van der Waals surface area contributed by atoms with Gasteiger partial charge in [0.05, 0.1) is 12.8 Å². The van der Waals surface area contributed by atoms with Crippen molar-refractivity contribution in [2.24, 2.45) is 0 Å². The van der Waals surface area contributed by atoms with E-state index in [0.29, 0.717) is 13.1 Å². The predicted octanol–water partition coefficient (Wildman–Crippen LogP) is 2.34. The Labute approximate surface area is 175 Å². The minimum atomic E-state index is 0.0147. The standard InChI is InChI=1S/C22H24N6O2/c1-17-9-10-28(25-17)21-15-20(23-16-24-21)26-11-13-27(14-12-26)22(29)8-5-18-3-6-19(30-2)7-4-18/h3-10,15-16H,11-14H2,1-2H3/b8-5+. The third kappa shape index (κ3) is 4.48. The van der Waals surface area contributed by atoms with Crippen LogP contribution in [-0.2, 0) is 4.79 Å². The Kier molecular flexibility index (Phi) is 5.74. The number of nitrogens with zero attached hydrogens (tertiary/aromatic N) is 6. The van der Waals surface area contributed by atoms with E-state index in [0.717, 1.165) is 41.7 Å². The second kappa shape index (κ2) is 8.77. The smallest absolute Gasteiger partial charge is 0.246 e. The maximum atomic E-state index is 12.5. The Morgan fingerprint density at radius 2 is 1.77 bits per heavy atom. The molecule has 154 valence electrons. The molecule has 30 heavy (non-hydrogen) atoms. The van der Waals surface area contributed by atoms with Gasteiger partial charge in [0.15, 0.2) is 5.82 Å². The van der Waals surface area contributed by atoms with E-state index < -0.39 is 0 Å². The molecule has 0 spiro atoms. The van der Waals surface area contributed by atoms with Crippen molar-refractivity contribution in [1.29, 1.82) is 0 Å². The number of amides is 1. The van der Waals surface area contributed by atoms with E-state index in [1.807, 2.05) is 60.5 Å². The molecule has 1 aromatic carbocycles. The summed E-state index contributed by atoms with van der Waals surface area (Å²) in [6.45, 7) is 4.67. The maximum Gasteiger partial charge on any atom is 0.246 e. The Hall–Kier alpha value is -3.68. The molecule has 8 nitrogen and oxygen atoms in total. The molecule has 1 saturated heterocycles. The van der Waals surface area contributed by atoms with Crippen LogP contribution in [0.15, 0.2) is 55.0 Å². The Balaban J connectivity index is 1.35. The molecule has 0 bridgehead atoms. The predicted molar refractivity (Wildman–Crippen MR) is 115 cm³/mol. The lowest BCUT2D eigenvalue weighted by molar-refractivity contribution is -0.126. The molecule has 1 aliphatic heterocycles. The second-order valence-electron chi connectivity index (χ2n) is 7.05. The van der Waals surface area contributed by atoms with E-state index in [1.54, 1.807) is 24.2 Å². The number of methoxy groups -OCH3 is 1. The average molecular weight is 404 g/mol. The van der Waals surface area contributed by atoms with Gasteiger partial charge in [-0.15, -0.1) is 0 Å². The largest absolute Gasteiger partial charge is 0.497 e. The first-order valence-electron chi connectivity index (χ1n) is 9.83. The van der Waals surface area contributed by atoms with Crippen molar-refractivity contribution < 1.29 is 9.53 Å². The highest BCUT2D eigenvalue weighted by molar-refractivity contribution is 5.92. The number of carbonyl (C=O) groups is 1. The zero-order valence-electron chi connectivity index (χ0n) is 17.1. The number of anilines is 1. The van der Waals surface area contributed by atoms with Crippen molar-refractivity contribution in [2.45, 2.75) is 6.92 Å². The quantitative estimate of drug-likeness (QED) is 0.608. The number of aryl methyl sites for hydroxylation is 1. The summed E-state index contributed by atoms with van der Waals surface area (Å²) >= 11 is 0. The summed E-state index contributed by atoms with van der Waals surface area (Å²) in [7, 11) is 1.63. The third-order valence-electron chi connectivity index (χ3n) is 5.04. The van der Waals surface area contributed by atoms with Crippen molar-refractivity contribution in [3.63, 3.8) is 0 Å². The molecule has 0 N–H and O–H groups in total. The topological polar surface area (TPSA) is 76.4 Å². The van der Waals surface area contributed by atoms with Crippen molar-refractivity contribution in [1.82, 2.24) is 24.6 Å². The number of aromatic nitrogens is 4. The number of hydrogen-bond donors (Lipinski definition) is 0. The zero-order valence-corrected chi connectivity index (χ0v) is 17.1.